The van der Waals surface area contributed by atoms with E-state index in [2.05, 4.69) is 15.1 Å². The lowest BCUT2D eigenvalue weighted by Crippen LogP contribution is -2.12. The zero-order valence-electron chi connectivity index (χ0n) is 8.93. The summed E-state index contributed by atoms with van der Waals surface area (Å²) in [6, 6.07) is 0. The van der Waals surface area contributed by atoms with E-state index in [1.165, 1.54) is 18.4 Å². The highest BCUT2D eigenvalue weighted by Gasteiger charge is 2.16. The van der Waals surface area contributed by atoms with Gasteiger partial charge in [-0.15, -0.1) is 0 Å². The van der Waals surface area contributed by atoms with Gasteiger partial charge in [-0.3, -0.25) is 0 Å². The van der Waals surface area contributed by atoms with Crippen LogP contribution in [0.2, 0.25) is 0 Å². The van der Waals surface area contributed by atoms with Gasteiger partial charge >= 0.3 is 0 Å². The van der Waals surface area contributed by atoms with Crippen LogP contribution in [0.25, 0.3) is 5.82 Å². The van der Waals surface area contributed by atoms with Crippen LogP contribution < -0.4 is 5.73 Å². The summed E-state index contributed by atoms with van der Waals surface area (Å²) in [6.45, 7) is 0. The molecule has 0 aliphatic heterocycles. The molecule has 0 saturated carbocycles. The number of nitrogens with zero attached hydrogens (tertiary/aromatic N) is 4. The molecule has 2 N–H and O–H groups in total. The lowest BCUT2D eigenvalue weighted by Gasteiger charge is -2.16. The number of aromatic nitrogens is 4. The molecular formula is C11H13N5. The van der Waals surface area contributed by atoms with E-state index < -0.39 is 0 Å². The maximum Gasteiger partial charge on any atom is 0.160 e. The molecule has 0 bridgehead atoms. The van der Waals surface area contributed by atoms with Crippen molar-refractivity contribution in [1.82, 2.24) is 19.7 Å². The maximum atomic E-state index is 5.67. The molecule has 5 heteroatoms. The van der Waals surface area contributed by atoms with Gasteiger partial charge in [-0.1, -0.05) is 0 Å². The van der Waals surface area contributed by atoms with Crippen LogP contribution in [0, 0.1) is 0 Å². The number of rotatable bonds is 1. The second-order valence-corrected chi connectivity index (χ2v) is 4.05. The summed E-state index contributed by atoms with van der Waals surface area (Å²) >= 11 is 0. The molecule has 0 spiro atoms. The zero-order chi connectivity index (χ0) is 11.0. The van der Waals surface area contributed by atoms with Crippen LogP contribution in [-0.2, 0) is 12.8 Å². The Hall–Kier alpha value is -1.91. The molecule has 0 fully saturated rings. The maximum absolute atomic E-state index is 5.67. The number of nitrogen functional groups attached to an aromatic ring is 1. The van der Waals surface area contributed by atoms with Crippen LogP contribution >= 0.6 is 0 Å². The molecule has 1 aliphatic rings. The molecular weight excluding hydrogens is 202 g/mol. The fraction of sp³-hybridized carbons (Fsp3) is 0.364. The molecule has 16 heavy (non-hydrogen) atoms. The second-order valence-electron chi connectivity index (χ2n) is 4.05. The van der Waals surface area contributed by atoms with Gasteiger partial charge in [-0.05, 0) is 25.7 Å². The largest absolute Gasteiger partial charge is 0.396 e. The predicted octanol–water partition coefficient (Wildman–Crippen LogP) is 1.12. The fourth-order valence-corrected chi connectivity index (χ4v) is 2.15. The summed E-state index contributed by atoms with van der Waals surface area (Å²) in [5, 5.41) is 4.20. The molecule has 2 heterocycles. The molecule has 0 atom stereocenters. The van der Waals surface area contributed by atoms with E-state index in [0.29, 0.717) is 5.69 Å². The van der Waals surface area contributed by atoms with Gasteiger partial charge in [0, 0.05) is 11.3 Å². The smallest absolute Gasteiger partial charge is 0.160 e. The minimum absolute atomic E-state index is 0.656. The van der Waals surface area contributed by atoms with Crippen molar-refractivity contribution < 1.29 is 0 Å². The van der Waals surface area contributed by atoms with Crippen molar-refractivity contribution in [3.05, 3.63) is 30.0 Å². The van der Waals surface area contributed by atoms with Crippen molar-refractivity contribution in [2.45, 2.75) is 25.7 Å². The number of anilines is 1. The third-order valence-electron chi connectivity index (χ3n) is 2.92. The summed E-state index contributed by atoms with van der Waals surface area (Å²) in [6.07, 6.45) is 9.52. The third kappa shape index (κ3) is 1.44. The molecule has 2 aromatic heterocycles. The molecule has 1 aliphatic carbocycles. The van der Waals surface area contributed by atoms with Gasteiger partial charge in [0.15, 0.2) is 5.82 Å². The SMILES string of the molecule is Nc1cnn(-c2ncnc3c2CCCC3)c1. The van der Waals surface area contributed by atoms with Gasteiger partial charge < -0.3 is 5.73 Å². The average Bonchev–Trinajstić information content (AvgIpc) is 2.75. The van der Waals surface area contributed by atoms with E-state index in [-0.39, 0.29) is 0 Å². The fourth-order valence-electron chi connectivity index (χ4n) is 2.15. The van der Waals surface area contributed by atoms with Crippen LogP contribution in [0.3, 0.4) is 0 Å². The van der Waals surface area contributed by atoms with Gasteiger partial charge in [-0.25, -0.2) is 14.6 Å². The Balaban J connectivity index is 2.13. The first-order chi connectivity index (χ1) is 7.84. The quantitative estimate of drug-likeness (QED) is 0.774. The van der Waals surface area contributed by atoms with E-state index in [9.17, 15) is 0 Å². The van der Waals surface area contributed by atoms with Gasteiger partial charge in [0.1, 0.15) is 6.33 Å². The molecule has 82 valence electrons. The highest BCUT2D eigenvalue weighted by Crippen LogP contribution is 2.23. The van der Waals surface area contributed by atoms with E-state index >= 15 is 0 Å². The Morgan fingerprint density at radius 2 is 2.06 bits per heavy atom. The summed E-state index contributed by atoms with van der Waals surface area (Å²) in [4.78, 5) is 8.64. The van der Waals surface area contributed by atoms with Crippen LogP contribution in [0.15, 0.2) is 18.7 Å². The van der Waals surface area contributed by atoms with Gasteiger partial charge in [0.05, 0.1) is 18.1 Å². The van der Waals surface area contributed by atoms with E-state index in [1.807, 2.05) is 0 Å². The van der Waals surface area contributed by atoms with Gasteiger partial charge in [0.2, 0.25) is 0 Å². The van der Waals surface area contributed by atoms with Crippen molar-refractivity contribution in [1.29, 1.82) is 0 Å². The minimum atomic E-state index is 0.656. The molecule has 0 unspecified atom stereocenters. The van der Waals surface area contributed by atoms with Crippen LogP contribution in [0.5, 0.6) is 0 Å². The normalized spacial score (nSPS) is 14.8. The standard InChI is InChI=1S/C11H13N5/c12-8-5-15-16(6-8)11-9-3-1-2-4-10(9)13-7-14-11/h5-7H,1-4,12H2. The molecule has 3 rings (SSSR count). The second kappa shape index (κ2) is 3.59. The van der Waals surface area contributed by atoms with Crippen LogP contribution in [-0.4, -0.2) is 19.7 Å². The van der Waals surface area contributed by atoms with Crippen molar-refractivity contribution in [2.75, 3.05) is 5.73 Å². The molecule has 0 amide bonds. The Morgan fingerprint density at radius 3 is 2.88 bits per heavy atom. The Morgan fingerprint density at radius 1 is 1.19 bits per heavy atom. The lowest BCUT2D eigenvalue weighted by molar-refractivity contribution is 0.649. The van der Waals surface area contributed by atoms with Crippen LogP contribution in [0.1, 0.15) is 24.1 Å². The summed E-state index contributed by atoms with van der Waals surface area (Å²) in [5.74, 6) is 0.876. The van der Waals surface area contributed by atoms with Gasteiger partial charge in [0.25, 0.3) is 0 Å². The van der Waals surface area contributed by atoms with E-state index in [1.54, 1.807) is 23.4 Å². The van der Waals surface area contributed by atoms with Crippen molar-refractivity contribution in [2.24, 2.45) is 0 Å². The molecule has 2 aromatic rings. The van der Waals surface area contributed by atoms with Crippen molar-refractivity contribution >= 4 is 5.69 Å². The molecule has 5 nitrogen and oxygen atoms in total. The predicted molar refractivity (Wildman–Crippen MR) is 60.2 cm³/mol. The van der Waals surface area contributed by atoms with Crippen LogP contribution in [0.4, 0.5) is 5.69 Å². The Kier molecular flexibility index (Phi) is 2.09. The number of fused-ring (bicyclic) bond motifs is 1. The minimum Gasteiger partial charge on any atom is -0.396 e. The highest BCUT2D eigenvalue weighted by atomic mass is 15.3. The zero-order valence-corrected chi connectivity index (χ0v) is 8.93. The number of hydrogen-bond acceptors (Lipinski definition) is 4. The summed E-state index contributed by atoms with van der Waals surface area (Å²) in [5.41, 5.74) is 8.70. The first-order valence-electron chi connectivity index (χ1n) is 5.48. The third-order valence-corrected chi connectivity index (χ3v) is 2.92. The Bertz CT molecular complexity index is 517. The van der Waals surface area contributed by atoms with Gasteiger partial charge in [-0.2, -0.15) is 5.10 Å². The Labute approximate surface area is 93.3 Å². The number of aryl methyl sites for hydroxylation is 1. The topological polar surface area (TPSA) is 69.6 Å². The van der Waals surface area contributed by atoms with Crippen molar-refractivity contribution in [3.63, 3.8) is 0 Å². The average molecular weight is 215 g/mol. The molecule has 0 aromatic carbocycles. The summed E-state index contributed by atoms with van der Waals surface area (Å²) < 4.78 is 1.74. The lowest BCUT2D eigenvalue weighted by atomic mass is 9.96. The van der Waals surface area contributed by atoms with Crippen molar-refractivity contribution in [3.8, 4) is 5.82 Å². The molecule has 0 radical (unpaired) electrons. The number of hydrogen-bond donors (Lipinski definition) is 1. The highest BCUT2D eigenvalue weighted by molar-refractivity contribution is 5.41. The monoisotopic (exact) mass is 215 g/mol. The van der Waals surface area contributed by atoms with E-state index in [0.717, 1.165) is 24.4 Å². The van der Waals surface area contributed by atoms with E-state index in [4.69, 9.17) is 5.73 Å². The first kappa shape index (κ1) is 9.33. The summed E-state index contributed by atoms with van der Waals surface area (Å²) in [7, 11) is 0. The number of nitrogens with two attached hydrogens (primary N) is 1. The molecule has 0 saturated heterocycles. The first-order valence-corrected chi connectivity index (χ1v) is 5.48.